The lowest BCUT2D eigenvalue weighted by Gasteiger charge is -2.03. The van der Waals surface area contributed by atoms with Gasteiger partial charge in [-0.2, -0.15) is 5.10 Å². The molecule has 4 nitrogen and oxygen atoms in total. The molecule has 0 aliphatic carbocycles. The molecule has 15 heavy (non-hydrogen) atoms. The standard InChI is InChI=1S/C11H13N3O/c1-2-3-10-8-5-4-7(12)6-9(8)11(15)14-13-10/h4-6H,2-3,12H2,1H3,(H,14,15). The number of anilines is 1. The first kappa shape index (κ1) is 9.71. The van der Waals surface area contributed by atoms with Crippen LogP contribution in [-0.4, -0.2) is 10.2 Å². The molecule has 0 atom stereocenters. The normalized spacial score (nSPS) is 10.7. The van der Waals surface area contributed by atoms with Crippen LogP contribution in [0.2, 0.25) is 0 Å². The zero-order valence-electron chi connectivity index (χ0n) is 8.58. The van der Waals surface area contributed by atoms with E-state index in [2.05, 4.69) is 17.1 Å². The van der Waals surface area contributed by atoms with Crippen molar-refractivity contribution < 1.29 is 0 Å². The SMILES string of the molecule is CCCc1n[nH]c(=O)c2cc(N)ccc12. The molecule has 4 heteroatoms. The molecule has 0 aliphatic rings. The minimum absolute atomic E-state index is 0.183. The van der Waals surface area contributed by atoms with Gasteiger partial charge in [-0.3, -0.25) is 4.79 Å². The number of nitrogens with zero attached hydrogens (tertiary/aromatic N) is 1. The van der Waals surface area contributed by atoms with Crippen molar-refractivity contribution in [1.82, 2.24) is 10.2 Å². The van der Waals surface area contributed by atoms with Gasteiger partial charge in [0.2, 0.25) is 0 Å². The van der Waals surface area contributed by atoms with Gasteiger partial charge in [0.05, 0.1) is 11.1 Å². The molecule has 0 saturated heterocycles. The Morgan fingerprint density at radius 1 is 1.40 bits per heavy atom. The fraction of sp³-hybridized carbons (Fsp3) is 0.273. The van der Waals surface area contributed by atoms with Crippen LogP contribution >= 0.6 is 0 Å². The first-order chi connectivity index (χ1) is 7.22. The quantitative estimate of drug-likeness (QED) is 0.726. The molecule has 78 valence electrons. The van der Waals surface area contributed by atoms with Crippen molar-refractivity contribution in [2.24, 2.45) is 0 Å². The second-order valence-corrected chi connectivity index (χ2v) is 3.55. The van der Waals surface area contributed by atoms with E-state index in [1.54, 1.807) is 12.1 Å². The second-order valence-electron chi connectivity index (χ2n) is 3.55. The Hall–Kier alpha value is -1.84. The highest BCUT2D eigenvalue weighted by molar-refractivity contribution is 5.86. The maximum Gasteiger partial charge on any atom is 0.272 e. The lowest BCUT2D eigenvalue weighted by Crippen LogP contribution is -2.11. The average Bonchev–Trinajstić information content (AvgIpc) is 2.23. The molecule has 0 fully saturated rings. The molecule has 3 N–H and O–H groups in total. The van der Waals surface area contributed by atoms with Crippen LogP contribution in [0.3, 0.4) is 0 Å². The number of nitrogen functional groups attached to an aromatic ring is 1. The molecule has 1 heterocycles. The molecule has 1 aromatic carbocycles. The number of fused-ring (bicyclic) bond motifs is 1. The van der Waals surface area contributed by atoms with Gasteiger partial charge in [-0.15, -0.1) is 0 Å². The number of nitrogens with two attached hydrogens (primary N) is 1. The van der Waals surface area contributed by atoms with Gasteiger partial charge in [0.1, 0.15) is 0 Å². The van der Waals surface area contributed by atoms with Gasteiger partial charge in [-0.1, -0.05) is 19.4 Å². The smallest absolute Gasteiger partial charge is 0.272 e. The van der Waals surface area contributed by atoms with Gasteiger partial charge in [0, 0.05) is 11.1 Å². The number of aromatic nitrogens is 2. The van der Waals surface area contributed by atoms with Crippen LogP contribution in [0.4, 0.5) is 5.69 Å². The van der Waals surface area contributed by atoms with Crippen LogP contribution in [0, 0.1) is 0 Å². The summed E-state index contributed by atoms with van der Waals surface area (Å²) in [5.41, 5.74) is 6.98. The summed E-state index contributed by atoms with van der Waals surface area (Å²) in [6.07, 6.45) is 1.86. The fourth-order valence-corrected chi connectivity index (χ4v) is 1.67. The van der Waals surface area contributed by atoms with Crippen LogP contribution < -0.4 is 11.3 Å². The third-order valence-electron chi connectivity index (χ3n) is 2.38. The first-order valence-corrected chi connectivity index (χ1v) is 4.99. The van der Waals surface area contributed by atoms with Crippen LogP contribution in [0.15, 0.2) is 23.0 Å². The van der Waals surface area contributed by atoms with E-state index in [0.717, 1.165) is 23.9 Å². The van der Waals surface area contributed by atoms with E-state index in [1.807, 2.05) is 6.07 Å². The third-order valence-corrected chi connectivity index (χ3v) is 2.38. The number of benzene rings is 1. The topological polar surface area (TPSA) is 71.8 Å². The van der Waals surface area contributed by atoms with E-state index in [4.69, 9.17) is 5.73 Å². The van der Waals surface area contributed by atoms with E-state index in [-0.39, 0.29) is 5.56 Å². The van der Waals surface area contributed by atoms with Crippen molar-refractivity contribution >= 4 is 16.5 Å². The monoisotopic (exact) mass is 203 g/mol. The lowest BCUT2D eigenvalue weighted by atomic mass is 10.1. The predicted octanol–water partition coefficient (Wildman–Crippen LogP) is 1.46. The molecule has 0 radical (unpaired) electrons. The number of hydrogen-bond acceptors (Lipinski definition) is 3. The molecule has 2 aromatic rings. The third kappa shape index (κ3) is 1.70. The number of aromatic amines is 1. The highest BCUT2D eigenvalue weighted by Gasteiger charge is 2.05. The van der Waals surface area contributed by atoms with E-state index < -0.39 is 0 Å². The number of rotatable bonds is 2. The Bertz CT molecular complexity index is 545. The van der Waals surface area contributed by atoms with Crippen molar-refractivity contribution in [1.29, 1.82) is 0 Å². The molecule has 0 unspecified atom stereocenters. The summed E-state index contributed by atoms with van der Waals surface area (Å²) in [4.78, 5) is 11.5. The zero-order valence-corrected chi connectivity index (χ0v) is 8.58. The van der Waals surface area contributed by atoms with Gasteiger partial charge in [0.15, 0.2) is 0 Å². The molecular weight excluding hydrogens is 190 g/mol. The molecule has 0 aliphatic heterocycles. The van der Waals surface area contributed by atoms with Crippen LogP contribution in [0.1, 0.15) is 19.0 Å². The minimum atomic E-state index is -0.183. The van der Waals surface area contributed by atoms with Crippen molar-refractivity contribution in [3.05, 3.63) is 34.2 Å². The number of aryl methyl sites for hydroxylation is 1. The summed E-state index contributed by atoms with van der Waals surface area (Å²) in [6, 6.07) is 5.34. The Kier molecular flexibility index (Phi) is 2.41. The average molecular weight is 203 g/mol. The Morgan fingerprint density at radius 2 is 2.20 bits per heavy atom. The maximum atomic E-state index is 11.5. The van der Waals surface area contributed by atoms with Gasteiger partial charge in [-0.25, -0.2) is 5.10 Å². The highest BCUT2D eigenvalue weighted by atomic mass is 16.1. The molecular formula is C11H13N3O. The summed E-state index contributed by atoms with van der Waals surface area (Å²) in [7, 11) is 0. The molecule has 1 aromatic heterocycles. The summed E-state index contributed by atoms with van der Waals surface area (Å²) in [6.45, 7) is 2.08. The van der Waals surface area contributed by atoms with E-state index in [9.17, 15) is 4.79 Å². The molecule has 0 saturated carbocycles. The molecule has 0 amide bonds. The van der Waals surface area contributed by atoms with Gasteiger partial charge in [0.25, 0.3) is 5.56 Å². The summed E-state index contributed by atoms with van der Waals surface area (Å²) < 4.78 is 0. The van der Waals surface area contributed by atoms with Gasteiger partial charge in [-0.05, 0) is 18.6 Å². The Balaban J connectivity index is 2.76. The summed E-state index contributed by atoms with van der Waals surface area (Å²) in [5.74, 6) is 0. The maximum absolute atomic E-state index is 11.5. The number of nitrogens with one attached hydrogen (secondary N) is 1. The molecule has 2 rings (SSSR count). The molecule has 0 spiro atoms. The van der Waals surface area contributed by atoms with Crippen molar-refractivity contribution in [3.63, 3.8) is 0 Å². The van der Waals surface area contributed by atoms with Gasteiger partial charge >= 0.3 is 0 Å². The first-order valence-electron chi connectivity index (χ1n) is 4.99. The van der Waals surface area contributed by atoms with Crippen LogP contribution in [0.5, 0.6) is 0 Å². The minimum Gasteiger partial charge on any atom is -0.399 e. The van der Waals surface area contributed by atoms with Crippen molar-refractivity contribution in [2.75, 3.05) is 5.73 Å². The van der Waals surface area contributed by atoms with Crippen molar-refractivity contribution in [3.8, 4) is 0 Å². The van der Waals surface area contributed by atoms with Crippen molar-refractivity contribution in [2.45, 2.75) is 19.8 Å². The fourth-order valence-electron chi connectivity index (χ4n) is 1.67. The highest BCUT2D eigenvalue weighted by Crippen LogP contribution is 2.16. The Labute approximate surface area is 87.1 Å². The van der Waals surface area contributed by atoms with E-state index in [0.29, 0.717) is 11.1 Å². The van der Waals surface area contributed by atoms with E-state index >= 15 is 0 Å². The lowest BCUT2D eigenvalue weighted by molar-refractivity contribution is 0.844. The largest absolute Gasteiger partial charge is 0.399 e. The number of H-pyrrole nitrogens is 1. The Morgan fingerprint density at radius 3 is 2.93 bits per heavy atom. The predicted molar refractivity (Wildman–Crippen MR) is 60.8 cm³/mol. The summed E-state index contributed by atoms with van der Waals surface area (Å²) >= 11 is 0. The number of hydrogen-bond donors (Lipinski definition) is 2. The summed E-state index contributed by atoms with van der Waals surface area (Å²) in [5, 5.41) is 8.06. The van der Waals surface area contributed by atoms with Gasteiger partial charge < -0.3 is 5.73 Å². The second kappa shape index (κ2) is 3.73. The van der Waals surface area contributed by atoms with Crippen LogP contribution in [0.25, 0.3) is 10.8 Å². The zero-order chi connectivity index (χ0) is 10.8. The van der Waals surface area contributed by atoms with Crippen LogP contribution in [-0.2, 0) is 6.42 Å². The van der Waals surface area contributed by atoms with E-state index in [1.165, 1.54) is 0 Å². The molecule has 0 bridgehead atoms.